The molecule has 318 valence electrons. The van der Waals surface area contributed by atoms with E-state index in [0.29, 0.717) is 73.3 Å². The highest BCUT2D eigenvalue weighted by molar-refractivity contribution is 7.09. The van der Waals surface area contributed by atoms with Crippen molar-refractivity contribution < 1.29 is 46.5 Å². The number of hydrazone groups is 1. The van der Waals surface area contributed by atoms with Gasteiger partial charge in [-0.3, -0.25) is 14.6 Å². The Bertz CT molecular complexity index is 2460. The van der Waals surface area contributed by atoms with Crippen molar-refractivity contribution >= 4 is 35.9 Å². The minimum Gasteiger partial charge on any atom is -0.507 e. The summed E-state index contributed by atoms with van der Waals surface area (Å²) in [6, 6.07) is 22.8. The molecule has 0 saturated carbocycles. The number of aromatic nitrogens is 3. The van der Waals surface area contributed by atoms with Gasteiger partial charge < -0.3 is 28.6 Å². The summed E-state index contributed by atoms with van der Waals surface area (Å²) < 4.78 is 67.5. The van der Waals surface area contributed by atoms with Crippen LogP contribution < -0.4 is 24.4 Å². The van der Waals surface area contributed by atoms with Crippen molar-refractivity contribution in [3.63, 3.8) is 0 Å². The average molecular weight is 878 g/mol. The zero-order chi connectivity index (χ0) is 41.5. The summed E-state index contributed by atoms with van der Waals surface area (Å²) in [5, 5.41) is 21.6. The molecule has 1 amide bonds. The van der Waals surface area contributed by atoms with Crippen LogP contribution in [0.4, 0.5) is 13.2 Å². The molecule has 19 heteroatoms. The molecule has 14 nitrogen and oxygen atoms in total. The second-order valence-corrected chi connectivity index (χ2v) is 14.9. The number of benzene rings is 4. The minimum atomic E-state index is -4.51. The lowest BCUT2D eigenvalue weighted by molar-refractivity contribution is -0.139. The summed E-state index contributed by atoms with van der Waals surface area (Å²) in [4.78, 5) is 26.0. The van der Waals surface area contributed by atoms with Crippen molar-refractivity contribution in [2.45, 2.75) is 32.4 Å². The second-order valence-electron chi connectivity index (χ2n) is 13.9. The number of halogens is 4. The maximum atomic E-state index is 13.3. The summed E-state index contributed by atoms with van der Waals surface area (Å²) in [5.41, 5.74) is 5.34. The number of para-hydroxylation sites is 1. The zero-order valence-electron chi connectivity index (χ0n) is 32.3. The van der Waals surface area contributed by atoms with Crippen LogP contribution >= 0.6 is 23.7 Å². The Morgan fingerprint density at radius 1 is 0.902 bits per heavy atom. The van der Waals surface area contributed by atoms with E-state index < -0.39 is 11.7 Å². The van der Waals surface area contributed by atoms with Crippen molar-refractivity contribution in [3.8, 4) is 40.1 Å². The van der Waals surface area contributed by atoms with E-state index in [1.807, 2.05) is 28.5 Å². The normalized spacial score (nSPS) is 14.2. The Kier molecular flexibility index (Phi) is 13.7. The number of hydrogen-bond acceptors (Lipinski definition) is 14. The van der Waals surface area contributed by atoms with Gasteiger partial charge in [0.15, 0.2) is 11.5 Å². The summed E-state index contributed by atoms with van der Waals surface area (Å²) in [6.07, 6.45) is -2.47. The standard InChI is InChI=1S/C42H38F3N7O7S.ClH/c43-42(44,45)33-3-1-2-4-35(33)56-23-27-5-8-29(9-6-27)41-48-39(59-50-41)22-52-15-13-51(14-16-52)21-38(54)49-46-20-30-10-11-32(19-34(30)53)55-24-31-25-60-40(47-31)18-28-7-12-36-37(17-28)58-26-57-36;/h1-12,17,19-20,25,53H,13-16,18,21-24,26H2,(H,49,54);1H. The molecule has 2 aliphatic rings. The predicted molar refractivity (Wildman–Crippen MR) is 220 cm³/mol. The molecule has 4 heterocycles. The van der Waals surface area contributed by atoms with Gasteiger partial charge in [0.2, 0.25) is 18.5 Å². The summed E-state index contributed by atoms with van der Waals surface area (Å²) >= 11 is 1.54. The van der Waals surface area contributed by atoms with Crippen LogP contribution in [-0.2, 0) is 37.2 Å². The molecule has 6 aromatic rings. The first-order chi connectivity index (χ1) is 29.1. The van der Waals surface area contributed by atoms with Gasteiger partial charge in [0.05, 0.1) is 35.6 Å². The number of aromatic hydroxyl groups is 1. The molecule has 61 heavy (non-hydrogen) atoms. The van der Waals surface area contributed by atoms with Gasteiger partial charge in [-0.2, -0.15) is 23.3 Å². The van der Waals surface area contributed by atoms with Crippen LogP contribution in [0.15, 0.2) is 99.9 Å². The first-order valence-corrected chi connectivity index (χ1v) is 19.7. The number of hydrogen-bond donors (Lipinski definition) is 2. The Balaban J connectivity index is 0.00000561. The maximum absolute atomic E-state index is 13.3. The Labute approximate surface area is 357 Å². The van der Waals surface area contributed by atoms with Crippen LogP contribution in [0, 0.1) is 0 Å². The SMILES string of the molecule is Cl.O=C(CN1CCN(Cc2nc(-c3ccc(COc4ccccc4C(F)(F)F)cc3)no2)CC1)NN=Cc1ccc(OCc2csc(Cc3ccc4c(c3)OCO4)n2)cc1O. The highest BCUT2D eigenvalue weighted by Crippen LogP contribution is 2.36. The van der Waals surface area contributed by atoms with E-state index in [-0.39, 0.29) is 56.4 Å². The third-order valence-corrected chi connectivity index (χ3v) is 10.5. The monoisotopic (exact) mass is 877 g/mol. The van der Waals surface area contributed by atoms with Gasteiger partial charge in [0, 0.05) is 55.2 Å². The number of nitrogens with zero attached hydrogens (tertiary/aromatic N) is 6. The van der Waals surface area contributed by atoms with E-state index in [4.69, 9.17) is 23.5 Å². The number of rotatable bonds is 15. The third-order valence-electron chi connectivity index (χ3n) is 9.63. The highest BCUT2D eigenvalue weighted by Gasteiger charge is 2.34. The maximum Gasteiger partial charge on any atom is 0.419 e. The van der Waals surface area contributed by atoms with Crippen LogP contribution in [0.25, 0.3) is 11.4 Å². The predicted octanol–water partition coefficient (Wildman–Crippen LogP) is 7.08. The molecule has 0 bridgehead atoms. The van der Waals surface area contributed by atoms with Gasteiger partial charge in [-0.1, -0.05) is 47.6 Å². The molecular weight excluding hydrogens is 839 g/mol. The fourth-order valence-electron chi connectivity index (χ4n) is 6.48. The van der Waals surface area contributed by atoms with Crippen LogP contribution in [0.3, 0.4) is 0 Å². The number of nitrogens with one attached hydrogen (secondary N) is 1. The molecular formula is C42H39ClF3N7O7S. The van der Waals surface area contributed by atoms with Gasteiger partial charge in [-0.15, -0.1) is 23.7 Å². The number of carbonyl (C=O) groups excluding carboxylic acids is 1. The van der Waals surface area contributed by atoms with Crippen LogP contribution in [-0.4, -0.2) is 81.7 Å². The van der Waals surface area contributed by atoms with Crippen molar-refractivity contribution in [2.24, 2.45) is 5.10 Å². The molecule has 0 radical (unpaired) electrons. The van der Waals surface area contributed by atoms with Crippen molar-refractivity contribution in [3.05, 3.63) is 129 Å². The molecule has 0 atom stereocenters. The largest absolute Gasteiger partial charge is 0.507 e. The number of piperazine rings is 1. The molecule has 1 fully saturated rings. The first kappa shape index (κ1) is 42.9. The fraction of sp³-hybridized carbons (Fsp3) is 0.262. The van der Waals surface area contributed by atoms with Gasteiger partial charge in [-0.25, -0.2) is 10.4 Å². The number of amides is 1. The number of ether oxygens (including phenoxy) is 4. The number of alkyl halides is 3. The first-order valence-electron chi connectivity index (χ1n) is 18.9. The summed E-state index contributed by atoms with van der Waals surface area (Å²) in [6.45, 7) is 3.64. The van der Waals surface area contributed by atoms with Gasteiger partial charge >= 0.3 is 6.18 Å². The molecule has 0 spiro atoms. The van der Waals surface area contributed by atoms with E-state index in [1.54, 1.807) is 47.7 Å². The molecule has 4 aromatic carbocycles. The smallest absolute Gasteiger partial charge is 0.419 e. The zero-order valence-corrected chi connectivity index (χ0v) is 34.0. The van der Waals surface area contributed by atoms with Gasteiger partial charge in [0.25, 0.3) is 5.91 Å². The number of phenols is 1. The number of carbonyl (C=O) groups is 1. The molecule has 0 aliphatic carbocycles. The summed E-state index contributed by atoms with van der Waals surface area (Å²) in [5.74, 6) is 2.21. The fourth-order valence-corrected chi connectivity index (χ4v) is 7.30. The third kappa shape index (κ3) is 11.3. The lowest BCUT2D eigenvalue weighted by Gasteiger charge is -2.33. The molecule has 2 N–H and O–H groups in total. The molecule has 0 unspecified atom stereocenters. The minimum absolute atomic E-state index is 0. The second kappa shape index (κ2) is 19.4. The van der Waals surface area contributed by atoms with E-state index in [1.165, 1.54) is 30.5 Å². The Hall–Kier alpha value is -6.21. The van der Waals surface area contributed by atoms with Gasteiger partial charge in [0.1, 0.15) is 30.5 Å². The highest BCUT2D eigenvalue weighted by atomic mass is 35.5. The molecule has 2 aromatic heterocycles. The van der Waals surface area contributed by atoms with Crippen molar-refractivity contribution in [1.82, 2.24) is 30.4 Å². The van der Waals surface area contributed by atoms with Crippen molar-refractivity contribution in [1.29, 1.82) is 0 Å². The molecule has 1 saturated heterocycles. The number of phenolic OH excluding ortho intramolecular Hbond substituents is 1. The van der Waals surface area contributed by atoms with E-state index >= 15 is 0 Å². The van der Waals surface area contributed by atoms with E-state index in [0.717, 1.165) is 33.8 Å². The number of thiazole rings is 1. The Morgan fingerprint density at radius 3 is 2.48 bits per heavy atom. The van der Waals surface area contributed by atoms with Crippen molar-refractivity contribution in [2.75, 3.05) is 39.5 Å². The lowest BCUT2D eigenvalue weighted by Crippen LogP contribution is -2.48. The molecule has 2 aliphatic heterocycles. The molecule has 8 rings (SSSR count). The summed E-state index contributed by atoms with van der Waals surface area (Å²) in [7, 11) is 0. The lowest BCUT2D eigenvalue weighted by atomic mass is 10.1. The van der Waals surface area contributed by atoms with Gasteiger partial charge in [-0.05, 0) is 47.5 Å². The van der Waals surface area contributed by atoms with Crippen LogP contribution in [0.5, 0.6) is 28.7 Å². The average Bonchev–Trinajstić information content (AvgIpc) is 4.03. The quantitative estimate of drug-likeness (QED) is 0.0800. The van der Waals surface area contributed by atoms with Crippen LogP contribution in [0.1, 0.15) is 38.8 Å². The van der Waals surface area contributed by atoms with Crippen LogP contribution in [0.2, 0.25) is 0 Å². The van der Waals surface area contributed by atoms with E-state index in [9.17, 15) is 23.1 Å². The topological polar surface area (TPSA) is 157 Å². The number of fused-ring (bicyclic) bond motifs is 1. The van der Waals surface area contributed by atoms with E-state index in [2.05, 4.69) is 30.6 Å². The Morgan fingerprint density at radius 2 is 1.67 bits per heavy atom.